The van der Waals surface area contributed by atoms with Crippen LogP contribution in [0.3, 0.4) is 0 Å². The van der Waals surface area contributed by atoms with Crippen LogP contribution in [0.1, 0.15) is 11.1 Å². The molecular formula is C16H13ClFNO. The molecule has 0 saturated heterocycles. The van der Waals surface area contributed by atoms with Gasteiger partial charge in [-0.05, 0) is 40.8 Å². The van der Waals surface area contributed by atoms with Gasteiger partial charge in [-0.3, -0.25) is 0 Å². The summed E-state index contributed by atoms with van der Waals surface area (Å²) in [6.07, 6.45) is 1.94. The van der Waals surface area contributed by atoms with E-state index in [0.717, 1.165) is 22.0 Å². The minimum absolute atomic E-state index is 0.0246. The molecule has 0 aliphatic heterocycles. The SMILES string of the molecule is OCc1ccc2c(ccn2Cc2cccc(F)c2Cl)c1. The molecule has 1 aromatic heterocycles. The molecule has 0 fully saturated rings. The molecule has 0 aliphatic carbocycles. The summed E-state index contributed by atoms with van der Waals surface area (Å²) in [6, 6.07) is 12.6. The molecule has 0 aliphatic rings. The van der Waals surface area contributed by atoms with E-state index < -0.39 is 5.82 Å². The summed E-state index contributed by atoms with van der Waals surface area (Å²) < 4.78 is 15.5. The molecule has 102 valence electrons. The third kappa shape index (κ3) is 2.30. The normalized spacial score (nSPS) is 11.2. The van der Waals surface area contributed by atoms with Crippen molar-refractivity contribution in [1.82, 2.24) is 4.57 Å². The van der Waals surface area contributed by atoms with Crippen LogP contribution in [0.15, 0.2) is 48.7 Å². The number of halogens is 2. The second kappa shape index (κ2) is 5.27. The van der Waals surface area contributed by atoms with Gasteiger partial charge in [-0.2, -0.15) is 0 Å². The van der Waals surface area contributed by atoms with E-state index in [1.807, 2.05) is 41.1 Å². The minimum Gasteiger partial charge on any atom is -0.392 e. The summed E-state index contributed by atoms with van der Waals surface area (Å²) in [7, 11) is 0. The second-order valence-electron chi connectivity index (χ2n) is 4.71. The molecule has 20 heavy (non-hydrogen) atoms. The zero-order valence-corrected chi connectivity index (χ0v) is 11.4. The molecule has 0 amide bonds. The highest BCUT2D eigenvalue weighted by Crippen LogP contribution is 2.23. The Balaban J connectivity index is 2.01. The van der Waals surface area contributed by atoms with Crippen molar-refractivity contribution in [2.24, 2.45) is 0 Å². The van der Waals surface area contributed by atoms with Gasteiger partial charge in [0.15, 0.2) is 0 Å². The number of nitrogens with zero attached hydrogens (tertiary/aromatic N) is 1. The van der Waals surface area contributed by atoms with Crippen molar-refractivity contribution >= 4 is 22.5 Å². The van der Waals surface area contributed by atoms with Crippen molar-refractivity contribution in [3.63, 3.8) is 0 Å². The molecular weight excluding hydrogens is 277 g/mol. The number of hydrogen-bond donors (Lipinski definition) is 1. The molecule has 1 N–H and O–H groups in total. The molecule has 0 atom stereocenters. The quantitative estimate of drug-likeness (QED) is 0.775. The van der Waals surface area contributed by atoms with Crippen molar-refractivity contribution in [3.8, 4) is 0 Å². The van der Waals surface area contributed by atoms with Gasteiger partial charge in [0.1, 0.15) is 5.82 Å². The zero-order chi connectivity index (χ0) is 14.1. The molecule has 1 heterocycles. The highest BCUT2D eigenvalue weighted by atomic mass is 35.5. The number of aliphatic hydroxyl groups is 1. The number of benzene rings is 2. The van der Waals surface area contributed by atoms with Crippen molar-refractivity contribution in [2.75, 3.05) is 0 Å². The molecule has 0 spiro atoms. The summed E-state index contributed by atoms with van der Waals surface area (Å²) >= 11 is 5.99. The van der Waals surface area contributed by atoms with Gasteiger partial charge in [0.05, 0.1) is 11.6 Å². The first kappa shape index (κ1) is 13.2. The smallest absolute Gasteiger partial charge is 0.142 e. The van der Waals surface area contributed by atoms with E-state index in [-0.39, 0.29) is 11.6 Å². The van der Waals surface area contributed by atoms with E-state index in [1.165, 1.54) is 6.07 Å². The fourth-order valence-electron chi connectivity index (χ4n) is 2.34. The van der Waals surface area contributed by atoms with Gasteiger partial charge >= 0.3 is 0 Å². The Labute approximate surface area is 121 Å². The molecule has 0 radical (unpaired) electrons. The van der Waals surface area contributed by atoms with Gasteiger partial charge in [-0.15, -0.1) is 0 Å². The van der Waals surface area contributed by atoms with E-state index >= 15 is 0 Å². The molecule has 2 nitrogen and oxygen atoms in total. The van der Waals surface area contributed by atoms with Crippen LogP contribution in [0.2, 0.25) is 5.02 Å². The lowest BCUT2D eigenvalue weighted by Gasteiger charge is -2.08. The average molecular weight is 290 g/mol. The average Bonchev–Trinajstić information content (AvgIpc) is 2.86. The number of aromatic nitrogens is 1. The summed E-state index contributed by atoms with van der Waals surface area (Å²) in [4.78, 5) is 0. The van der Waals surface area contributed by atoms with Crippen molar-refractivity contribution in [2.45, 2.75) is 13.2 Å². The van der Waals surface area contributed by atoms with E-state index in [9.17, 15) is 4.39 Å². The lowest BCUT2D eigenvalue weighted by molar-refractivity contribution is 0.282. The van der Waals surface area contributed by atoms with Gasteiger partial charge in [0.25, 0.3) is 0 Å². The predicted molar refractivity (Wildman–Crippen MR) is 78.4 cm³/mol. The highest BCUT2D eigenvalue weighted by Gasteiger charge is 2.08. The van der Waals surface area contributed by atoms with E-state index in [4.69, 9.17) is 16.7 Å². The van der Waals surface area contributed by atoms with Gasteiger partial charge in [0.2, 0.25) is 0 Å². The molecule has 4 heteroatoms. The third-order valence-corrected chi connectivity index (χ3v) is 3.81. The van der Waals surface area contributed by atoms with Gasteiger partial charge in [0, 0.05) is 18.3 Å². The Morgan fingerprint density at radius 3 is 2.80 bits per heavy atom. The lowest BCUT2D eigenvalue weighted by atomic mass is 10.1. The van der Waals surface area contributed by atoms with E-state index in [0.29, 0.717) is 6.54 Å². The number of fused-ring (bicyclic) bond motifs is 1. The minimum atomic E-state index is -0.400. The standard InChI is InChI=1S/C16H13ClFNO/c17-16-13(2-1-3-14(16)18)9-19-7-6-12-8-11(10-20)4-5-15(12)19/h1-8,20H,9-10H2. The number of aliphatic hydroxyl groups excluding tert-OH is 1. The molecule has 3 rings (SSSR count). The fourth-order valence-corrected chi connectivity index (χ4v) is 2.53. The van der Waals surface area contributed by atoms with Crippen LogP contribution < -0.4 is 0 Å². The van der Waals surface area contributed by atoms with E-state index in [1.54, 1.807) is 6.07 Å². The molecule has 3 aromatic rings. The fraction of sp³-hybridized carbons (Fsp3) is 0.125. The monoisotopic (exact) mass is 289 g/mol. The summed E-state index contributed by atoms with van der Waals surface area (Å²) in [6.45, 7) is 0.537. The topological polar surface area (TPSA) is 25.2 Å². The molecule has 0 bridgehead atoms. The van der Waals surface area contributed by atoms with Crippen molar-refractivity contribution < 1.29 is 9.50 Å². The highest BCUT2D eigenvalue weighted by molar-refractivity contribution is 6.31. The Hall–Kier alpha value is -1.84. The molecule has 0 saturated carbocycles. The van der Waals surface area contributed by atoms with Crippen LogP contribution in [0.4, 0.5) is 4.39 Å². The Morgan fingerprint density at radius 2 is 2.00 bits per heavy atom. The lowest BCUT2D eigenvalue weighted by Crippen LogP contribution is -1.99. The van der Waals surface area contributed by atoms with Gasteiger partial charge in [-0.25, -0.2) is 4.39 Å². The zero-order valence-electron chi connectivity index (χ0n) is 10.7. The first-order valence-electron chi connectivity index (χ1n) is 6.30. The number of rotatable bonds is 3. The van der Waals surface area contributed by atoms with Gasteiger partial charge in [-0.1, -0.05) is 29.8 Å². The summed E-state index contributed by atoms with van der Waals surface area (Å²) in [5, 5.41) is 10.4. The van der Waals surface area contributed by atoms with Crippen molar-refractivity contribution in [3.05, 3.63) is 70.6 Å². The van der Waals surface area contributed by atoms with Crippen LogP contribution in [-0.4, -0.2) is 9.67 Å². The van der Waals surface area contributed by atoms with Crippen LogP contribution >= 0.6 is 11.6 Å². The summed E-state index contributed by atoms with van der Waals surface area (Å²) in [5.74, 6) is -0.400. The molecule has 2 aromatic carbocycles. The first-order chi connectivity index (χ1) is 9.69. The van der Waals surface area contributed by atoms with E-state index in [2.05, 4.69) is 0 Å². The van der Waals surface area contributed by atoms with Gasteiger partial charge < -0.3 is 9.67 Å². The third-order valence-electron chi connectivity index (χ3n) is 3.39. The maximum atomic E-state index is 13.5. The Bertz CT molecular complexity index is 766. The first-order valence-corrected chi connectivity index (χ1v) is 6.68. The van der Waals surface area contributed by atoms with Crippen LogP contribution in [0.5, 0.6) is 0 Å². The van der Waals surface area contributed by atoms with Crippen LogP contribution in [0.25, 0.3) is 10.9 Å². The van der Waals surface area contributed by atoms with Crippen LogP contribution in [0, 0.1) is 5.82 Å². The Morgan fingerprint density at radius 1 is 1.15 bits per heavy atom. The largest absolute Gasteiger partial charge is 0.392 e. The van der Waals surface area contributed by atoms with Crippen molar-refractivity contribution in [1.29, 1.82) is 0 Å². The summed E-state index contributed by atoms with van der Waals surface area (Å²) in [5.41, 5.74) is 2.65. The predicted octanol–water partition coefficient (Wildman–Crippen LogP) is 3.97. The maximum absolute atomic E-state index is 13.5. The Kier molecular flexibility index (Phi) is 3.47. The molecule has 0 unspecified atom stereocenters. The number of hydrogen-bond acceptors (Lipinski definition) is 1. The second-order valence-corrected chi connectivity index (χ2v) is 5.09. The maximum Gasteiger partial charge on any atom is 0.142 e. The van der Waals surface area contributed by atoms with Crippen LogP contribution in [-0.2, 0) is 13.2 Å².